The zero-order valence-corrected chi connectivity index (χ0v) is 12.8. The molecule has 0 amide bonds. The van der Waals surface area contributed by atoms with Gasteiger partial charge in [-0.3, -0.25) is 0 Å². The van der Waals surface area contributed by atoms with E-state index in [1.165, 1.54) is 18.2 Å². The van der Waals surface area contributed by atoms with Gasteiger partial charge in [0, 0.05) is 11.3 Å². The average Bonchev–Trinajstić information content (AvgIpc) is 3.02. The molecule has 0 spiro atoms. The number of rotatable bonds is 4. The van der Waals surface area contributed by atoms with E-state index in [1.54, 1.807) is 0 Å². The zero-order valence-electron chi connectivity index (χ0n) is 12.8. The van der Waals surface area contributed by atoms with Crippen LogP contribution in [-0.2, 0) is 12.7 Å². The summed E-state index contributed by atoms with van der Waals surface area (Å²) in [4.78, 5) is 4.20. The van der Waals surface area contributed by atoms with Crippen LogP contribution in [-0.4, -0.2) is 10.1 Å². The van der Waals surface area contributed by atoms with Gasteiger partial charge in [-0.15, -0.1) is 0 Å². The predicted molar refractivity (Wildman–Crippen MR) is 83.2 cm³/mol. The molecule has 0 aliphatic heterocycles. The van der Waals surface area contributed by atoms with Gasteiger partial charge in [0.15, 0.2) is 0 Å². The molecule has 0 fully saturated rings. The second kappa shape index (κ2) is 6.35. The summed E-state index contributed by atoms with van der Waals surface area (Å²) in [6.45, 7) is 1.97. The average molecular weight is 333 g/mol. The van der Waals surface area contributed by atoms with Crippen molar-refractivity contribution in [3.63, 3.8) is 0 Å². The van der Waals surface area contributed by atoms with Gasteiger partial charge in [-0.05, 0) is 19.1 Å². The maximum absolute atomic E-state index is 12.9. The molecule has 3 rings (SSSR count). The van der Waals surface area contributed by atoms with E-state index in [1.807, 2.05) is 31.2 Å². The fourth-order valence-electron chi connectivity index (χ4n) is 2.20. The van der Waals surface area contributed by atoms with E-state index >= 15 is 0 Å². The highest BCUT2D eigenvalue weighted by Gasteiger charge is 2.33. The van der Waals surface area contributed by atoms with Gasteiger partial charge in [0.1, 0.15) is 0 Å². The summed E-state index contributed by atoms with van der Waals surface area (Å²) in [6.07, 6.45) is -4.43. The van der Waals surface area contributed by atoms with E-state index in [4.69, 9.17) is 4.52 Å². The number of hydrogen-bond donors (Lipinski definition) is 1. The van der Waals surface area contributed by atoms with Crippen molar-refractivity contribution in [3.8, 4) is 11.4 Å². The van der Waals surface area contributed by atoms with E-state index in [0.29, 0.717) is 5.82 Å². The normalized spacial score (nSPS) is 11.5. The lowest BCUT2D eigenvalue weighted by Gasteiger charge is -2.12. The summed E-state index contributed by atoms with van der Waals surface area (Å²) in [5.74, 6) is 0.610. The van der Waals surface area contributed by atoms with E-state index < -0.39 is 11.7 Å². The van der Waals surface area contributed by atoms with Crippen LogP contribution in [0.25, 0.3) is 11.4 Å². The van der Waals surface area contributed by atoms with Crippen LogP contribution in [0.3, 0.4) is 0 Å². The van der Waals surface area contributed by atoms with Crippen molar-refractivity contribution in [1.82, 2.24) is 10.1 Å². The molecule has 0 bridgehead atoms. The van der Waals surface area contributed by atoms with Crippen LogP contribution in [0.2, 0.25) is 0 Å². The van der Waals surface area contributed by atoms with Gasteiger partial charge in [-0.1, -0.05) is 47.1 Å². The summed E-state index contributed by atoms with van der Waals surface area (Å²) in [6, 6.07) is 12.8. The third-order valence-electron chi connectivity index (χ3n) is 3.44. The molecule has 24 heavy (non-hydrogen) atoms. The Morgan fingerprint density at radius 1 is 1.04 bits per heavy atom. The van der Waals surface area contributed by atoms with E-state index in [9.17, 15) is 13.2 Å². The SMILES string of the molecule is Cc1ccc(-c2noc(CNc3ccccc3C(F)(F)F)n2)cc1. The molecular formula is C17H14F3N3O. The number of halogens is 3. The molecule has 0 atom stereocenters. The van der Waals surface area contributed by atoms with E-state index in [-0.39, 0.29) is 18.1 Å². The second-order valence-corrected chi connectivity index (χ2v) is 5.27. The van der Waals surface area contributed by atoms with Gasteiger partial charge in [0.25, 0.3) is 0 Å². The van der Waals surface area contributed by atoms with Crippen molar-refractivity contribution in [1.29, 1.82) is 0 Å². The molecule has 0 aliphatic rings. The summed E-state index contributed by atoms with van der Waals surface area (Å²) in [7, 11) is 0. The Labute approximate surface area is 136 Å². The molecule has 1 aromatic heterocycles. The molecule has 1 heterocycles. The summed E-state index contributed by atoms with van der Waals surface area (Å²) >= 11 is 0. The van der Waals surface area contributed by atoms with E-state index in [2.05, 4.69) is 15.5 Å². The third-order valence-corrected chi connectivity index (χ3v) is 3.44. The van der Waals surface area contributed by atoms with Crippen LogP contribution in [0.1, 0.15) is 17.0 Å². The number of nitrogens with zero attached hydrogens (tertiary/aromatic N) is 2. The first-order chi connectivity index (χ1) is 11.4. The lowest BCUT2D eigenvalue weighted by Crippen LogP contribution is -2.10. The molecule has 1 N–H and O–H groups in total. The van der Waals surface area contributed by atoms with Crippen molar-refractivity contribution in [2.24, 2.45) is 0 Å². The van der Waals surface area contributed by atoms with Crippen molar-refractivity contribution in [2.45, 2.75) is 19.6 Å². The second-order valence-electron chi connectivity index (χ2n) is 5.27. The molecule has 0 radical (unpaired) electrons. The minimum atomic E-state index is -4.43. The monoisotopic (exact) mass is 333 g/mol. The maximum atomic E-state index is 12.9. The number of benzene rings is 2. The largest absolute Gasteiger partial charge is 0.418 e. The quantitative estimate of drug-likeness (QED) is 0.753. The molecule has 0 unspecified atom stereocenters. The van der Waals surface area contributed by atoms with Crippen molar-refractivity contribution in [2.75, 3.05) is 5.32 Å². The molecule has 7 heteroatoms. The lowest BCUT2D eigenvalue weighted by molar-refractivity contribution is -0.137. The smallest absolute Gasteiger partial charge is 0.376 e. The van der Waals surface area contributed by atoms with Crippen LogP contribution >= 0.6 is 0 Å². The maximum Gasteiger partial charge on any atom is 0.418 e. The Balaban J connectivity index is 1.74. The summed E-state index contributed by atoms with van der Waals surface area (Å²) in [5.41, 5.74) is 1.13. The molecule has 2 aromatic carbocycles. The molecule has 3 aromatic rings. The number of anilines is 1. The molecule has 0 aliphatic carbocycles. The Hall–Kier alpha value is -2.83. The van der Waals surface area contributed by atoms with Crippen LogP contribution in [0.5, 0.6) is 0 Å². The minimum absolute atomic E-state index is 0.00591. The topological polar surface area (TPSA) is 51.0 Å². The molecule has 4 nitrogen and oxygen atoms in total. The number of aryl methyl sites for hydroxylation is 1. The zero-order chi connectivity index (χ0) is 17.2. The summed E-state index contributed by atoms with van der Waals surface area (Å²) in [5, 5.41) is 6.54. The van der Waals surface area contributed by atoms with Gasteiger partial charge < -0.3 is 9.84 Å². The van der Waals surface area contributed by atoms with Crippen LogP contribution < -0.4 is 5.32 Å². The number of nitrogens with one attached hydrogen (secondary N) is 1. The third kappa shape index (κ3) is 3.56. The van der Waals surface area contributed by atoms with Gasteiger partial charge in [0.2, 0.25) is 11.7 Å². The number of alkyl halides is 3. The van der Waals surface area contributed by atoms with Gasteiger partial charge in [0.05, 0.1) is 12.1 Å². The van der Waals surface area contributed by atoms with Crippen LogP contribution in [0.15, 0.2) is 53.1 Å². The highest BCUT2D eigenvalue weighted by atomic mass is 19.4. The highest BCUT2D eigenvalue weighted by Crippen LogP contribution is 2.34. The van der Waals surface area contributed by atoms with Crippen LogP contribution in [0.4, 0.5) is 18.9 Å². The summed E-state index contributed by atoms with van der Waals surface area (Å²) < 4.78 is 43.9. The van der Waals surface area contributed by atoms with Crippen LogP contribution in [0, 0.1) is 6.92 Å². The first-order valence-electron chi connectivity index (χ1n) is 7.23. The number of hydrogen-bond acceptors (Lipinski definition) is 4. The Morgan fingerprint density at radius 3 is 2.46 bits per heavy atom. The molecular weight excluding hydrogens is 319 g/mol. The number of aromatic nitrogens is 2. The Bertz CT molecular complexity index is 826. The van der Waals surface area contributed by atoms with Gasteiger partial charge in [-0.2, -0.15) is 18.2 Å². The minimum Gasteiger partial charge on any atom is -0.376 e. The Morgan fingerprint density at radius 2 is 1.75 bits per heavy atom. The van der Waals surface area contributed by atoms with Crippen molar-refractivity contribution >= 4 is 5.69 Å². The number of para-hydroxylation sites is 1. The lowest BCUT2D eigenvalue weighted by atomic mass is 10.1. The predicted octanol–water partition coefficient (Wildman–Crippen LogP) is 4.68. The first kappa shape index (κ1) is 16.0. The Kier molecular flexibility index (Phi) is 4.24. The standard InChI is InChI=1S/C17H14F3N3O/c1-11-6-8-12(9-7-11)16-22-15(24-23-16)10-21-14-5-3-2-4-13(14)17(18,19)20/h2-9,21H,10H2,1H3. The molecule has 124 valence electrons. The molecule has 0 saturated heterocycles. The van der Waals surface area contributed by atoms with E-state index in [0.717, 1.165) is 17.2 Å². The fourth-order valence-corrected chi connectivity index (χ4v) is 2.20. The molecule has 0 saturated carbocycles. The van der Waals surface area contributed by atoms with Crippen molar-refractivity contribution < 1.29 is 17.7 Å². The van der Waals surface area contributed by atoms with Gasteiger partial charge in [-0.25, -0.2) is 0 Å². The van der Waals surface area contributed by atoms with Gasteiger partial charge >= 0.3 is 6.18 Å². The first-order valence-corrected chi connectivity index (χ1v) is 7.23. The fraction of sp³-hybridized carbons (Fsp3) is 0.176. The highest BCUT2D eigenvalue weighted by molar-refractivity contribution is 5.55. The van der Waals surface area contributed by atoms with Crippen molar-refractivity contribution in [3.05, 3.63) is 65.5 Å².